The van der Waals surface area contributed by atoms with Gasteiger partial charge in [0, 0.05) is 30.0 Å². The van der Waals surface area contributed by atoms with Crippen LogP contribution >= 0.6 is 11.8 Å². The summed E-state index contributed by atoms with van der Waals surface area (Å²) in [5.41, 5.74) is 0.934. The van der Waals surface area contributed by atoms with Gasteiger partial charge in [0.05, 0.1) is 11.5 Å². The van der Waals surface area contributed by atoms with Crippen molar-refractivity contribution in [2.45, 2.75) is 38.0 Å². The van der Waals surface area contributed by atoms with Crippen LogP contribution in [-0.4, -0.2) is 34.5 Å². The van der Waals surface area contributed by atoms with Crippen molar-refractivity contribution in [1.82, 2.24) is 10.6 Å². The summed E-state index contributed by atoms with van der Waals surface area (Å²) in [7, 11) is 0. The van der Waals surface area contributed by atoms with E-state index in [4.69, 9.17) is 0 Å². The first-order valence-electron chi connectivity index (χ1n) is 7.92. The van der Waals surface area contributed by atoms with E-state index in [0.717, 1.165) is 24.6 Å². The van der Waals surface area contributed by atoms with E-state index in [1.807, 2.05) is 24.8 Å². The Morgan fingerprint density at radius 3 is 2.96 bits per heavy atom. The zero-order chi connectivity index (χ0) is 16.7. The van der Waals surface area contributed by atoms with Gasteiger partial charge in [-0.1, -0.05) is 12.1 Å². The van der Waals surface area contributed by atoms with Crippen molar-refractivity contribution in [3.63, 3.8) is 0 Å². The van der Waals surface area contributed by atoms with Crippen molar-refractivity contribution in [2.75, 3.05) is 18.8 Å². The summed E-state index contributed by atoms with van der Waals surface area (Å²) in [6.07, 6.45) is 2.49. The molecular formula is C16H24N4O2S. The lowest BCUT2D eigenvalue weighted by atomic mass is 10.1. The molecule has 0 bridgehead atoms. The van der Waals surface area contributed by atoms with Crippen molar-refractivity contribution in [2.24, 2.45) is 4.99 Å². The number of guanidine groups is 1. The van der Waals surface area contributed by atoms with E-state index in [1.54, 1.807) is 12.1 Å². The molecule has 126 valence electrons. The summed E-state index contributed by atoms with van der Waals surface area (Å²) < 4.78 is 0.266. The van der Waals surface area contributed by atoms with Gasteiger partial charge in [0.25, 0.3) is 5.69 Å². The molecule has 1 aliphatic rings. The molecule has 1 aliphatic heterocycles. The molecule has 0 aromatic heterocycles. The van der Waals surface area contributed by atoms with Crippen LogP contribution in [0.4, 0.5) is 5.69 Å². The van der Waals surface area contributed by atoms with E-state index in [9.17, 15) is 10.1 Å². The number of hydrogen-bond donors (Lipinski definition) is 2. The number of nitro benzene ring substituents is 1. The third-order valence-electron chi connectivity index (χ3n) is 3.82. The van der Waals surface area contributed by atoms with Gasteiger partial charge in [-0.15, -0.1) is 0 Å². The number of nitro groups is 1. The van der Waals surface area contributed by atoms with Crippen molar-refractivity contribution < 1.29 is 4.92 Å². The van der Waals surface area contributed by atoms with Gasteiger partial charge >= 0.3 is 0 Å². The molecule has 1 unspecified atom stereocenters. The molecule has 0 saturated carbocycles. The van der Waals surface area contributed by atoms with E-state index in [1.165, 1.54) is 24.7 Å². The van der Waals surface area contributed by atoms with Crippen LogP contribution in [0, 0.1) is 10.1 Å². The van der Waals surface area contributed by atoms with Crippen LogP contribution in [0.1, 0.15) is 32.3 Å². The van der Waals surface area contributed by atoms with E-state index in [0.29, 0.717) is 6.54 Å². The number of aliphatic imine (C=N–C) groups is 1. The van der Waals surface area contributed by atoms with Crippen molar-refractivity contribution in [1.29, 1.82) is 0 Å². The van der Waals surface area contributed by atoms with Gasteiger partial charge in [-0.2, -0.15) is 11.8 Å². The Kier molecular flexibility index (Phi) is 6.27. The molecule has 2 rings (SSSR count). The normalized spacial score (nSPS) is 21.2. The Balaban J connectivity index is 1.97. The third-order valence-corrected chi connectivity index (χ3v) is 5.35. The maximum atomic E-state index is 10.8. The Labute approximate surface area is 141 Å². The molecule has 7 heteroatoms. The average Bonchev–Trinajstić information content (AvgIpc) is 2.97. The van der Waals surface area contributed by atoms with Crippen LogP contribution < -0.4 is 10.6 Å². The molecule has 2 N–H and O–H groups in total. The monoisotopic (exact) mass is 336 g/mol. The molecule has 1 atom stereocenters. The average molecular weight is 336 g/mol. The van der Waals surface area contributed by atoms with Gasteiger partial charge in [0.2, 0.25) is 0 Å². The fourth-order valence-electron chi connectivity index (χ4n) is 2.53. The van der Waals surface area contributed by atoms with Crippen LogP contribution in [0.5, 0.6) is 0 Å². The smallest absolute Gasteiger partial charge is 0.269 e. The predicted octanol–water partition coefficient (Wildman–Crippen LogP) is 2.94. The van der Waals surface area contributed by atoms with E-state index < -0.39 is 0 Å². The lowest BCUT2D eigenvalue weighted by Gasteiger charge is -2.24. The topological polar surface area (TPSA) is 79.6 Å². The number of nitrogens with zero attached hydrogens (tertiary/aromatic N) is 2. The SMILES string of the molecule is CCNC(=NCc1cccc([N+](=O)[O-])c1)NCC1(C)CCCS1. The van der Waals surface area contributed by atoms with Crippen LogP contribution in [0.2, 0.25) is 0 Å². The maximum absolute atomic E-state index is 10.8. The van der Waals surface area contributed by atoms with Crippen LogP contribution in [-0.2, 0) is 6.54 Å². The largest absolute Gasteiger partial charge is 0.357 e. The first-order chi connectivity index (χ1) is 11.0. The molecule has 0 spiro atoms. The van der Waals surface area contributed by atoms with Crippen molar-refractivity contribution in [3.05, 3.63) is 39.9 Å². The molecule has 1 aromatic carbocycles. The van der Waals surface area contributed by atoms with Gasteiger partial charge in [-0.25, -0.2) is 4.99 Å². The number of nitrogens with one attached hydrogen (secondary N) is 2. The standard InChI is InChI=1S/C16H24N4O2S/c1-3-17-15(19-12-16(2)8-5-9-23-16)18-11-13-6-4-7-14(10-13)20(21)22/h4,6-7,10H,3,5,8-9,11-12H2,1-2H3,(H2,17,18,19). The van der Waals surface area contributed by atoms with Crippen LogP contribution in [0.15, 0.2) is 29.3 Å². The summed E-state index contributed by atoms with van der Waals surface area (Å²) in [5.74, 6) is 1.98. The van der Waals surface area contributed by atoms with Gasteiger partial charge in [0.1, 0.15) is 0 Å². The first-order valence-corrected chi connectivity index (χ1v) is 8.90. The summed E-state index contributed by atoms with van der Waals surface area (Å²) in [6, 6.07) is 6.61. The lowest BCUT2D eigenvalue weighted by molar-refractivity contribution is -0.384. The molecule has 6 nitrogen and oxygen atoms in total. The Morgan fingerprint density at radius 2 is 2.30 bits per heavy atom. The van der Waals surface area contributed by atoms with Gasteiger partial charge < -0.3 is 10.6 Å². The number of thioether (sulfide) groups is 1. The molecule has 0 radical (unpaired) electrons. The highest BCUT2D eigenvalue weighted by Crippen LogP contribution is 2.36. The predicted molar refractivity (Wildman–Crippen MR) is 96.0 cm³/mol. The molecule has 23 heavy (non-hydrogen) atoms. The minimum Gasteiger partial charge on any atom is -0.357 e. The Morgan fingerprint density at radius 1 is 1.48 bits per heavy atom. The van der Waals surface area contributed by atoms with Gasteiger partial charge in [0.15, 0.2) is 5.96 Å². The number of non-ortho nitro benzene ring substituents is 1. The van der Waals surface area contributed by atoms with E-state index >= 15 is 0 Å². The second-order valence-corrected chi connectivity index (χ2v) is 7.56. The summed E-state index contributed by atoms with van der Waals surface area (Å²) in [5, 5.41) is 17.4. The molecule has 1 saturated heterocycles. The minimum absolute atomic E-state index is 0.102. The zero-order valence-electron chi connectivity index (χ0n) is 13.7. The second-order valence-electron chi connectivity index (χ2n) is 5.88. The molecule has 0 aliphatic carbocycles. The first kappa shape index (κ1) is 17.6. The number of rotatable bonds is 6. The van der Waals surface area contributed by atoms with Crippen LogP contribution in [0.3, 0.4) is 0 Å². The maximum Gasteiger partial charge on any atom is 0.269 e. The zero-order valence-corrected chi connectivity index (χ0v) is 14.5. The molecule has 1 heterocycles. The molecule has 1 aromatic rings. The number of hydrogen-bond acceptors (Lipinski definition) is 4. The highest BCUT2D eigenvalue weighted by molar-refractivity contribution is 8.00. The number of benzene rings is 1. The summed E-state index contributed by atoms with van der Waals surface area (Å²) in [6.45, 7) is 6.38. The van der Waals surface area contributed by atoms with Gasteiger partial charge in [-0.3, -0.25) is 10.1 Å². The fraction of sp³-hybridized carbons (Fsp3) is 0.562. The summed E-state index contributed by atoms with van der Waals surface area (Å²) in [4.78, 5) is 15.0. The van der Waals surface area contributed by atoms with E-state index in [2.05, 4.69) is 22.5 Å². The highest BCUT2D eigenvalue weighted by atomic mass is 32.2. The third kappa shape index (κ3) is 5.42. The molecule has 1 fully saturated rings. The highest BCUT2D eigenvalue weighted by Gasteiger charge is 2.29. The Bertz CT molecular complexity index is 571. The van der Waals surface area contributed by atoms with Gasteiger partial charge in [-0.05, 0) is 38.0 Å². The quantitative estimate of drug-likeness (QED) is 0.361. The second kappa shape index (κ2) is 8.19. The Hall–Kier alpha value is -1.76. The lowest BCUT2D eigenvalue weighted by Crippen LogP contribution is -2.43. The van der Waals surface area contributed by atoms with Crippen molar-refractivity contribution in [3.8, 4) is 0 Å². The summed E-state index contributed by atoms with van der Waals surface area (Å²) >= 11 is 2.00. The van der Waals surface area contributed by atoms with Crippen molar-refractivity contribution >= 4 is 23.4 Å². The van der Waals surface area contributed by atoms with Crippen LogP contribution in [0.25, 0.3) is 0 Å². The fourth-order valence-corrected chi connectivity index (χ4v) is 3.77. The molecular weight excluding hydrogens is 312 g/mol. The molecule has 0 amide bonds. The minimum atomic E-state index is -0.380. The van der Waals surface area contributed by atoms with E-state index in [-0.39, 0.29) is 15.4 Å².